The molecule has 0 radical (unpaired) electrons. The SMILES string of the molecule is CC(CN)N(C)S(=O)(=O)c1ccc(OC(F)F)c(Cl)c1. The average Bonchev–Trinajstić information content (AvgIpc) is 2.38. The molecule has 0 aliphatic carbocycles. The zero-order chi connectivity index (χ0) is 15.5. The Kier molecular flexibility index (Phi) is 5.69. The molecule has 20 heavy (non-hydrogen) atoms. The largest absolute Gasteiger partial charge is 0.433 e. The average molecular weight is 329 g/mol. The van der Waals surface area contributed by atoms with Gasteiger partial charge in [0.2, 0.25) is 10.0 Å². The smallest absolute Gasteiger partial charge is 0.387 e. The molecule has 0 fully saturated rings. The van der Waals surface area contributed by atoms with E-state index in [-0.39, 0.29) is 22.2 Å². The quantitative estimate of drug-likeness (QED) is 0.865. The molecule has 5 nitrogen and oxygen atoms in total. The van der Waals surface area contributed by atoms with Crippen LogP contribution in [0.15, 0.2) is 23.1 Å². The summed E-state index contributed by atoms with van der Waals surface area (Å²) in [6.07, 6.45) is 0. The second-order valence-corrected chi connectivity index (χ2v) is 6.48. The summed E-state index contributed by atoms with van der Waals surface area (Å²) in [6.45, 7) is -1.24. The lowest BCUT2D eigenvalue weighted by atomic mass is 10.3. The minimum Gasteiger partial charge on any atom is -0.433 e. The third-order valence-corrected chi connectivity index (χ3v) is 5.02. The molecule has 0 aliphatic heterocycles. The van der Waals surface area contributed by atoms with E-state index >= 15 is 0 Å². The lowest BCUT2D eigenvalue weighted by Crippen LogP contribution is -2.39. The van der Waals surface area contributed by atoms with E-state index in [4.69, 9.17) is 17.3 Å². The van der Waals surface area contributed by atoms with Gasteiger partial charge in [0.1, 0.15) is 5.75 Å². The third-order valence-electron chi connectivity index (χ3n) is 2.76. The molecule has 1 atom stereocenters. The number of likely N-dealkylation sites (N-methyl/N-ethyl adjacent to an activating group) is 1. The first kappa shape index (κ1) is 17.1. The molecule has 0 amide bonds. The first-order chi connectivity index (χ1) is 9.20. The summed E-state index contributed by atoms with van der Waals surface area (Å²) in [5.74, 6) is -0.282. The Hall–Kier alpha value is -0.960. The van der Waals surface area contributed by atoms with Gasteiger partial charge in [0.25, 0.3) is 0 Å². The molecule has 1 rings (SSSR count). The summed E-state index contributed by atoms with van der Waals surface area (Å²) in [6, 6.07) is 2.89. The van der Waals surface area contributed by atoms with Gasteiger partial charge in [-0.05, 0) is 25.1 Å². The fourth-order valence-corrected chi connectivity index (χ4v) is 3.07. The van der Waals surface area contributed by atoms with Crippen molar-refractivity contribution in [3.8, 4) is 5.75 Å². The van der Waals surface area contributed by atoms with Gasteiger partial charge in [-0.15, -0.1) is 0 Å². The van der Waals surface area contributed by atoms with E-state index in [1.54, 1.807) is 6.92 Å². The number of sulfonamides is 1. The van der Waals surface area contributed by atoms with Gasteiger partial charge >= 0.3 is 6.61 Å². The van der Waals surface area contributed by atoms with Gasteiger partial charge in [-0.25, -0.2) is 8.42 Å². The standard InChI is InChI=1S/C11H15ClF2N2O3S/c1-7(6-15)16(2)20(17,18)8-3-4-10(9(12)5-8)19-11(13)14/h3-5,7,11H,6,15H2,1-2H3. The van der Waals surface area contributed by atoms with Crippen molar-refractivity contribution in [1.29, 1.82) is 0 Å². The zero-order valence-electron chi connectivity index (χ0n) is 10.9. The molecule has 1 aromatic carbocycles. The molecular weight excluding hydrogens is 314 g/mol. The van der Waals surface area contributed by atoms with E-state index in [1.807, 2.05) is 0 Å². The van der Waals surface area contributed by atoms with Crippen LogP contribution in [0.1, 0.15) is 6.92 Å². The van der Waals surface area contributed by atoms with Crippen molar-refractivity contribution < 1.29 is 21.9 Å². The molecule has 2 N–H and O–H groups in total. The monoisotopic (exact) mass is 328 g/mol. The summed E-state index contributed by atoms with van der Waals surface area (Å²) in [4.78, 5) is -0.119. The molecule has 1 aromatic rings. The fourth-order valence-electron chi connectivity index (χ4n) is 1.39. The van der Waals surface area contributed by atoms with Crippen molar-refractivity contribution in [2.45, 2.75) is 24.5 Å². The van der Waals surface area contributed by atoms with E-state index in [0.29, 0.717) is 0 Å². The van der Waals surface area contributed by atoms with E-state index in [0.717, 1.165) is 22.5 Å². The van der Waals surface area contributed by atoms with Crippen molar-refractivity contribution in [2.75, 3.05) is 13.6 Å². The normalized spacial score (nSPS) is 13.8. The van der Waals surface area contributed by atoms with Crippen LogP contribution in [0.3, 0.4) is 0 Å². The molecule has 0 heterocycles. The van der Waals surface area contributed by atoms with Gasteiger partial charge < -0.3 is 10.5 Å². The fraction of sp³-hybridized carbons (Fsp3) is 0.455. The summed E-state index contributed by atoms with van der Waals surface area (Å²) in [7, 11) is -2.41. The van der Waals surface area contributed by atoms with Crippen LogP contribution in [0.2, 0.25) is 5.02 Å². The maximum atomic E-state index is 12.2. The highest BCUT2D eigenvalue weighted by Crippen LogP contribution is 2.29. The number of benzene rings is 1. The van der Waals surface area contributed by atoms with Crippen molar-refractivity contribution in [3.05, 3.63) is 23.2 Å². The van der Waals surface area contributed by atoms with E-state index in [2.05, 4.69) is 4.74 Å². The van der Waals surface area contributed by atoms with Crippen LogP contribution < -0.4 is 10.5 Å². The number of hydrogen-bond donors (Lipinski definition) is 1. The summed E-state index contributed by atoms with van der Waals surface area (Å²) in [5, 5.41) is -0.208. The highest BCUT2D eigenvalue weighted by atomic mass is 35.5. The molecule has 9 heteroatoms. The van der Waals surface area contributed by atoms with Crippen molar-refractivity contribution in [2.24, 2.45) is 5.73 Å². The molecule has 114 valence electrons. The maximum absolute atomic E-state index is 12.2. The number of nitrogens with two attached hydrogens (primary N) is 1. The number of halogens is 3. The summed E-state index contributed by atoms with van der Waals surface area (Å²) in [5.41, 5.74) is 5.42. The van der Waals surface area contributed by atoms with E-state index in [9.17, 15) is 17.2 Å². The minimum atomic E-state index is -3.79. The van der Waals surface area contributed by atoms with Gasteiger partial charge in [-0.2, -0.15) is 13.1 Å². The molecule has 0 saturated carbocycles. The molecule has 0 spiro atoms. The molecule has 0 bridgehead atoms. The van der Waals surface area contributed by atoms with Crippen LogP contribution in [-0.2, 0) is 10.0 Å². The van der Waals surface area contributed by atoms with Crippen LogP contribution in [0, 0.1) is 0 Å². The molecule has 0 aromatic heterocycles. The molecule has 0 aliphatic rings. The number of nitrogens with zero attached hydrogens (tertiary/aromatic N) is 1. The lowest BCUT2D eigenvalue weighted by Gasteiger charge is -2.23. The molecule has 1 unspecified atom stereocenters. The second-order valence-electron chi connectivity index (χ2n) is 4.08. The highest BCUT2D eigenvalue weighted by Gasteiger charge is 2.25. The van der Waals surface area contributed by atoms with Crippen molar-refractivity contribution >= 4 is 21.6 Å². The summed E-state index contributed by atoms with van der Waals surface area (Å²) < 4.78 is 53.9. The van der Waals surface area contributed by atoms with Gasteiger partial charge in [-0.1, -0.05) is 11.6 Å². The first-order valence-electron chi connectivity index (χ1n) is 5.62. The van der Waals surface area contributed by atoms with Crippen LogP contribution >= 0.6 is 11.6 Å². The predicted octanol–water partition coefficient (Wildman–Crippen LogP) is 1.91. The minimum absolute atomic E-state index is 0.119. The number of rotatable bonds is 6. The van der Waals surface area contributed by atoms with Crippen LogP contribution in [-0.4, -0.2) is 39.0 Å². The third kappa shape index (κ3) is 3.78. The zero-order valence-corrected chi connectivity index (χ0v) is 12.5. The second kappa shape index (κ2) is 6.66. The number of alkyl halides is 2. The number of hydrogen-bond acceptors (Lipinski definition) is 4. The Labute approximate surface area is 121 Å². The van der Waals surface area contributed by atoms with Crippen LogP contribution in [0.4, 0.5) is 8.78 Å². The van der Waals surface area contributed by atoms with Crippen molar-refractivity contribution in [1.82, 2.24) is 4.31 Å². The Balaban J connectivity index is 3.12. The first-order valence-corrected chi connectivity index (χ1v) is 7.44. The molecular formula is C11H15ClF2N2O3S. The topological polar surface area (TPSA) is 72.6 Å². The molecule has 0 saturated heterocycles. The Morgan fingerprint density at radius 1 is 1.45 bits per heavy atom. The van der Waals surface area contributed by atoms with Gasteiger partial charge in [0.15, 0.2) is 0 Å². The Bertz CT molecular complexity index is 569. The van der Waals surface area contributed by atoms with Gasteiger partial charge in [-0.3, -0.25) is 0 Å². The van der Waals surface area contributed by atoms with Crippen LogP contribution in [0.25, 0.3) is 0 Å². The Morgan fingerprint density at radius 3 is 2.50 bits per heavy atom. The van der Waals surface area contributed by atoms with Crippen molar-refractivity contribution in [3.63, 3.8) is 0 Å². The maximum Gasteiger partial charge on any atom is 0.387 e. The van der Waals surface area contributed by atoms with E-state index < -0.39 is 22.7 Å². The number of ether oxygens (including phenoxy) is 1. The van der Waals surface area contributed by atoms with Crippen LogP contribution in [0.5, 0.6) is 5.75 Å². The van der Waals surface area contributed by atoms with Gasteiger partial charge in [0, 0.05) is 19.6 Å². The Morgan fingerprint density at radius 2 is 2.05 bits per heavy atom. The summed E-state index contributed by atoms with van der Waals surface area (Å²) >= 11 is 5.73. The highest BCUT2D eigenvalue weighted by molar-refractivity contribution is 7.89. The lowest BCUT2D eigenvalue weighted by molar-refractivity contribution is -0.0498. The van der Waals surface area contributed by atoms with E-state index in [1.165, 1.54) is 7.05 Å². The van der Waals surface area contributed by atoms with Gasteiger partial charge in [0.05, 0.1) is 9.92 Å². The predicted molar refractivity (Wildman–Crippen MR) is 71.5 cm³/mol.